The summed E-state index contributed by atoms with van der Waals surface area (Å²) >= 11 is 0. The molecule has 1 heterocycles. The van der Waals surface area contributed by atoms with E-state index in [1.807, 2.05) is 24.0 Å². The van der Waals surface area contributed by atoms with Crippen LogP contribution < -0.4 is 14.5 Å². The number of aliphatic hydroxyl groups is 1. The Hall–Kier alpha value is -3.03. The number of hydrogen-bond acceptors (Lipinski definition) is 3. The van der Waals surface area contributed by atoms with Crippen LogP contribution in [-0.2, 0) is 6.18 Å². The van der Waals surface area contributed by atoms with Gasteiger partial charge in [0.25, 0.3) is 0 Å². The Bertz CT molecular complexity index is 1120. The average molecular weight is 486 g/mol. The monoisotopic (exact) mass is 485 g/mol. The van der Waals surface area contributed by atoms with Crippen molar-refractivity contribution in [2.75, 3.05) is 44.2 Å². The molecule has 3 aromatic rings. The minimum absolute atomic E-state index is 0.200. The highest BCUT2D eigenvalue weighted by Gasteiger charge is 2.31. The van der Waals surface area contributed by atoms with Crippen LogP contribution in [-0.4, -0.2) is 50.5 Å². The quantitative estimate of drug-likeness (QED) is 0.529. The molecule has 0 unspecified atom stereocenters. The number of aliphatic hydroxyl groups excluding tert-OH is 1. The number of alkyl halides is 3. The van der Waals surface area contributed by atoms with E-state index < -0.39 is 17.8 Å². The third-order valence-corrected chi connectivity index (χ3v) is 6.52. The summed E-state index contributed by atoms with van der Waals surface area (Å²) in [6.45, 7) is 7.58. The van der Waals surface area contributed by atoms with Gasteiger partial charge in [-0.25, -0.2) is 0 Å². The highest BCUT2D eigenvalue weighted by atomic mass is 19.4. The number of piperazine rings is 1. The van der Waals surface area contributed by atoms with Gasteiger partial charge in [-0.05, 0) is 60.9 Å². The highest BCUT2D eigenvalue weighted by molar-refractivity contribution is 5.65. The lowest BCUT2D eigenvalue weighted by atomic mass is 10.0. The van der Waals surface area contributed by atoms with E-state index in [0.29, 0.717) is 25.3 Å². The third-order valence-electron chi connectivity index (χ3n) is 6.52. The van der Waals surface area contributed by atoms with E-state index in [-0.39, 0.29) is 6.61 Å². The molecule has 0 aliphatic carbocycles. The fourth-order valence-corrected chi connectivity index (χ4v) is 4.48. The predicted octanol–water partition coefficient (Wildman–Crippen LogP) is 4.13. The number of quaternary nitrogens is 1. The second-order valence-electron chi connectivity index (χ2n) is 9.30. The molecular weight excluding hydrogens is 453 g/mol. The zero-order chi connectivity index (χ0) is 25.0. The molecule has 0 spiro atoms. The number of benzene rings is 3. The maximum absolute atomic E-state index is 13.0. The molecule has 35 heavy (non-hydrogen) atoms. The van der Waals surface area contributed by atoms with Crippen LogP contribution in [0.2, 0.25) is 0 Å². The molecule has 0 amide bonds. The van der Waals surface area contributed by atoms with E-state index in [1.165, 1.54) is 22.6 Å². The fraction of sp³-hybridized carbons (Fsp3) is 0.357. The van der Waals surface area contributed by atoms with Gasteiger partial charge in [0.2, 0.25) is 0 Å². The van der Waals surface area contributed by atoms with E-state index in [1.54, 1.807) is 6.07 Å². The summed E-state index contributed by atoms with van der Waals surface area (Å²) in [5.41, 5.74) is 4.47. The van der Waals surface area contributed by atoms with E-state index in [9.17, 15) is 18.3 Å². The summed E-state index contributed by atoms with van der Waals surface area (Å²) in [6, 6.07) is 19.9. The zero-order valence-corrected chi connectivity index (χ0v) is 20.1. The molecule has 1 aliphatic heterocycles. The van der Waals surface area contributed by atoms with Gasteiger partial charge in [0.1, 0.15) is 25.0 Å². The van der Waals surface area contributed by atoms with Crippen LogP contribution in [0.3, 0.4) is 0 Å². The SMILES string of the molecule is Cc1ccc(-c2ccc(OC[C@H](O)C[NH+]3CCN(c4cccc(C(F)(F)F)c4)CC3)c(C)c2)cc1. The number of nitrogens with zero attached hydrogens (tertiary/aromatic N) is 1. The third kappa shape index (κ3) is 6.55. The Morgan fingerprint density at radius 3 is 2.29 bits per heavy atom. The Labute approximate surface area is 204 Å². The van der Waals surface area contributed by atoms with Crippen molar-refractivity contribution in [1.82, 2.24) is 0 Å². The Balaban J connectivity index is 1.25. The van der Waals surface area contributed by atoms with Gasteiger partial charge >= 0.3 is 6.18 Å². The number of rotatable bonds is 7. The molecule has 7 heteroatoms. The molecule has 1 aliphatic rings. The van der Waals surface area contributed by atoms with E-state index >= 15 is 0 Å². The first-order chi connectivity index (χ1) is 16.7. The van der Waals surface area contributed by atoms with Gasteiger partial charge in [0.05, 0.1) is 31.7 Å². The van der Waals surface area contributed by atoms with Crippen LogP contribution in [0.5, 0.6) is 5.75 Å². The predicted molar refractivity (Wildman–Crippen MR) is 132 cm³/mol. The van der Waals surface area contributed by atoms with E-state index in [0.717, 1.165) is 41.6 Å². The highest BCUT2D eigenvalue weighted by Crippen LogP contribution is 2.31. The Morgan fingerprint density at radius 1 is 0.943 bits per heavy atom. The van der Waals surface area contributed by atoms with Crippen molar-refractivity contribution in [3.8, 4) is 16.9 Å². The first-order valence-corrected chi connectivity index (χ1v) is 11.9. The maximum atomic E-state index is 13.0. The lowest BCUT2D eigenvalue weighted by molar-refractivity contribution is -0.903. The molecule has 2 N–H and O–H groups in total. The first kappa shape index (κ1) is 25.1. The number of anilines is 1. The molecule has 4 nitrogen and oxygen atoms in total. The van der Waals surface area contributed by atoms with Crippen LogP contribution >= 0.6 is 0 Å². The number of hydrogen-bond donors (Lipinski definition) is 2. The van der Waals surface area contributed by atoms with Crippen LogP contribution in [0.15, 0.2) is 66.7 Å². The minimum Gasteiger partial charge on any atom is -0.490 e. The minimum atomic E-state index is -4.34. The molecule has 1 fully saturated rings. The molecule has 0 aromatic heterocycles. The Morgan fingerprint density at radius 2 is 1.63 bits per heavy atom. The van der Waals surface area contributed by atoms with Crippen molar-refractivity contribution < 1.29 is 27.9 Å². The summed E-state index contributed by atoms with van der Waals surface area (Å²) in [5, 5.41) is 10.5. The van der Waals surface area contributed by atoms with Gasteiger partial charge in [-0.2, -0.15) is 13.2 Å². The first-order valence-electron chi connectivity index (χ1n) is 11.9. The van der Waals surface area contributed by atoms with Crippen LogP contribution in [0.25, 0.3) is 11.1 Å². The fourth-order valence-electron chi connectivity index (χ4n) is 4.48. The number of aryl methyl sites for hydroxylation is 2. The Kier molecular flexibility index (Phi) is 7.67. The molecule has 186 valence electrons. The van der Waals surface area contributed by atoms with Crippen molar-refractivity contribution in [1.29, 1.82) is 0 Å². The van der Waals surface area contributed by atoms with Crippen LogP contribution in [0.1, 0.15) is 16.7 Å². The van der Waals surface area contributed by atoms with Gasteiger partial charge in [0.15, 0.2) is 0 Å². The molecule has 0 saturated carbocycles. The van der Waals surface area contributed by atoms with Crippen molar-refractivity contribution in [3.63, 3.8) is 0 Å². The molecular formula is C28H32F3N2O2+. The van der Waals surface area contributed by atoms with Crippen molar-refractivity contribution in [3.05, 3.63) is 83.4 Å². The largest absolute Gasteiger partial charge is 0.490 e. The second-order valence-corrected chi connectivity index (χ2v) is 9.30. The van der Waals surface area contributed by atoms with E-state index in [2.05, 4.69) is 37.3 Å². The number of ether oxygens (including phenoxy) is 1. The number of halogens is 3. The molecule has 0 radical (unpaired) electrons. The standard InChI is InChI=1S/C28H31F3N2O2/c1-20-6-8-22(9-7-20)23-10-11-27(21(2)16-23)35-19-26(34)18-32-12-14-33(15-13-32)25-5-3-4-24(17-25)28(29,30)31/h3-11,16-17,26,34H,12-15,18-19H2,1-2H3/p+1/t26-/m1/s1. The summed E-state index contributed by atoms with van der Waals surface area (Å²) in [6.07, 6.45) is -4.96. The van der Waals surface area contributed by atoms with Gasteiger partial charge in [-0.15, -0.1) is 0 Å². The smallest absolute Gasteiger partial charge is 0.416 e. The number of nitrogens with one attached hydrogen (secondary N) is 1. The average Bonchev–Trinajstić information content (AvgIpc) is 2.84. The normalized spacial score (nSPS) is 15.8. The van der Waals surface area contributed by atoms with Gasteiger partial charge in [-0.1, -0.05) is 42.0 Å². The molecule has 0 bridgehead atoms. The topological polar surface area (TPSA) is 37.1 Å². The molecule has 4 rings (SSSR count). The summed E-state index contributed by atoms with van der Waals surface area (Å²) < 4.78 is 44.9. The van der Waals surface area contributed by atoms with Crippen molar-refractivity contribution in [2.45, 2.75) is 26.1 Å². The van der Waals surface area contributed by atoms with Crippen molar-refractivity contribution in [2.24, 2.45) is 0 Å². The lowest BCUT2D eigenvalue weighted by Crippen LogP contribution is -3.16. The van der Waals surface area contributed by atoms with E-state index in [4.69, 9.17) is 4.74 Å². The lowest BCUT2D eigenvalue weighted by Gasteiger charge is -2.34. The van der Waals surface area contributed by atoms with Gasteiger partial charge in [-0.3, -0.25) is 0 Å². The second kappa shape index (κ2) is 10.7. The summed E-state index contributed by atoms with van der Waals surface area (Å²) in [7, 11) is 0. The molecule has 1 saturated heterocycles. The van der Waals surface area contributed by atoms with Gasteiger partial charge in [0, 0.05) is 5.69 Å². The molecule has 3 aromatic carbocycles. The summed E-state index contributed by atoms with van der Waals surface area (Å²) in [4.78, 5) is 3.19. The molecule has 1 atom stereocenters. The maximum Gasteiger partial charge on any atom is 0.416 e. The van der Waals surface area contributed by atoms with Gasteiger partial charge < -0.3 is 19.6 Å². The summed E-state index contributed by atoms with van der Waals surface area (Å²) in [5.74, 6) is 0.754. The van der Waals surface area contributed by atoms with Crippen LogP contribution in [0.4, 0.5) is 18.9 Å². The van der Waals surface area contributed by atoms with Crippen molar-refractivity contribution >= 4 is 5.69 Å². The zero-order valence-electron chi connectivity index (χ0n) is 20.1. The van der Waals surface area contributed by atoms with Crippen LogP contribution in [0, 0.1) is 13.8 Å².